The molecule has 1 heteroatoms. The first-order valence-corrected chi connectivity index (χ1v) is 5.66. The van der Waals surface area contributed by atoms with E-state index in [2.05, 4.69) is 12.2 Å². The van der Waals surface area contributed by atoms with E-state index in [1.54, 1.807) is 0 Å². The Morgan fingerprint density at radius 1 is 1.08 bits per heavy atom. The van der Waals surface area contributed by atoms with Crippen LogP contribution in [-0.2, 0) is 0 Å². The molecule has 2 aliphatic carbocycles. The van der Waals surface area contributed by atoms with Gasteiger partial charge < -0.3 is 5.32 Å². The molecule has 0 aromatic carbocycles. The highest BCUT2D eigenvalue weighted by Crippen LogP contribution is 2.32. The Bertz CT molecular complexity index is 136. The Labute approximate surface area is 75.9 Å². The van der Waals surface area contributed by atoms with Gasteiger partial charge in [0.25, 0.3) is 0 Å². The van der Waals surface area contributed by atoms with E-state index in [9.17, 15) is 0 Å². The molecule has 2 aliphatic rings. The van der Waals surface area contributed by atoms with E-state index in [4.69, 9.17) is 0 Å². The summed E-state index contributed by atoms with van der Waals surface area (Å²) in [5.74, 6) is 1.01. The molecule has 0 saturated heterocycles. The van der Waals surface area contributed by atoms with Crippen molar-refractivity contribution in [1.29, 1.82) is 0 Å². The Balaban J connectivity index is 1.71. The lowest BCUT2D eigenvalue weighted by Crippen LogP contribution is -2.47. The average molecular weight is 167 g/mol. The van der Waals surface area contributed by atoms with Gasteiger partial charge in [0.15, 0.2) is 0 Å². The molecule has 12 heavy (non-hydrogen) atoms. The van der Waals surface area contributed by atoms with Crippen molar-refractivity contribution in [2.45, 2.75) is 64.0 Å². The summed E-state index contributed by atoms with van der Waals surface area (Å²) in [6.45, 7) is 2.33. The Morgan fingerprint density at radius 2 is 1.83 bits per heavy atom. The van der Waals surface area contributed by atoms with Crippen molar-refractivity contribution in [1.82, 2.24) is 5.32 Å². The predicted octanol–water partition coefficient (Wildman–Crippen LogP) is 2.71. The van der Waals surface area contributed by atoms with Crippen molar-refractivity contribution in [3.63, 3.8) is 0 Å². The van der Waals surface area contributed by atoms with Gasteiger partial charge in [-0.05, 0) is 31.6 Å². The molecule has 0 bridgehead atoms. The summed E-state index contributed by atoms with van der Waals surface area (Å²) >= 11 is 0. The Hall–Kier alpha value is -0.0400. The molecule has 1 N–H and O–H groups in total. The first-order valence-electron chi connectivity index (χ1n) is 5.66. The minimum atomic E-state index is 0.879. The van der Waals surface area contributed by atoms with E-state index in [1.165, 1.54) is 44.9 Å². The van der Waals surface area contributed by atoms with Crippen LogP contribution in [0.15, 0.2) is 0 Å². The van der Waals surface area contributed by atoms with Crippen LogP contribution in [0.5, 0.6) is 0 Å². The molecule has 0 amide bonds. The smallest absolute Gasteiger partial charge is 0.00979 e. The molecule has 2 rings (SSSR count). The molecule has 2 atom stereocenters. The van der Waals surface area contributed by atoms with Gasteiger partial charge in [-0.15, -0.1) is 0 Å². The summed E-state index contributed by atoms with van der Waals surface area (Å²) < 4.78 is 0. The first kappa shape index (κ1) is 8.55. The van der Waals surface area contributed by atoms with Gasteiger partial charge in [-0.2, -0.15) is 0 Å². The number of nitrogens with one attached hydrogen (secondary N) is 1. The van der Waals surface area contributed by atoms with Gasteiger partial charge in [-0.1, -0.05) is 26.2 Å². The van der Waals surface area contributed by atoms with Gasteiger partial charge in [0.05, 0.1) is 0 Å². The average Bonchev–Trinajstić information content (AvgIpc) is 2.51. The monoisotopic (exact) mass is 167 g/mol. The normalized spacial score (nSPS) is 36.8. The second-order valence-electron chi connectivity index (χ2n) is 4.50. The second kappa shape index (κ2) is 3.78. The van der Waals surface area contributed by atoms with E-state index < -0.39 is 0 Å². The second-order valence-corrected chi connectivity index (χ2v) is 4.50. The molecule has 0 radical (unpaired) electrons. The van der Waals surface area contributed by atoms with Crippen LogP contribution in [0.2, 0.25) is 0 Å². The van der Waals surface area contributed by atoms with E-state index in [0.29, 0.717) is 0 Å². The molecule has 1 nitrogen and oxygen atoms in total. The van der Waals surface area contributed by atoms with Crippen LogP contribution < -0.4 is 5.32 Å². The molecule has 0 aromatic rings. The van der Waals surface area contributed by atoms with Gasteiger partial charge in [0.2, 0.25) is 0 Å². The Kier molecular flexibility index (Phi) is 2.69. The highest BCUT2D eigenvalue weighted by molar-refractivity contribution is 4.89. The van der Waals surface area contributed by atoms with Crippen LogP contribution >= 0.6 is 0 Å². The van der Waals surface area contributed by atoms with E-state index >= 15 is 0 Å². The quantitative estimate of drug-likeness (QED) is 0.681. The maximum absolute atomic E-state index is 3.82. The van der Waals surface area contributed by atoms with Gasteiger partial charge in [-0.25, -0.2) is 0 Å². The highest BCUT2D eigenvalue weighted by Gasteiger charge is 2.31. The van der Waals surface area contributed by atoms with Crippen molar-refractivity contribution in [3.05, 3.63) is 0 Å². The fraction of sp³-hybridized carbons (Fsp3) is 1.00. The summed E-state index contributed by atoms with van der Waals surface area (Å²) in [4.78, 5) is 0. The molecule has 0 heterocycles. The lowest BCUT2D eigenvalue weighted by Gasteiger charge is -2.38. The lowest BCUT2D eigenvalue weighted by molar-refractivity contribution is 0.187. The topological polar surface area (TPSA) is 12.0 Å². The molecule has 0 spiro atoms. The summed E-state index contributed by atoms with van der Waals surface area (Å²) in [5.41, 5.74) is 0. The zero-order valence-electron chi connectivity index (χ0n) is 8.18. The number of hydrogen-bond donors (Lipinski definition) is 1. The van der Waals surface area contributed by atoms with Gasteiger partial charge in [0.1, 0.15) is 0 Å². The van der Waals surface area contributed by atoms with Gasteiger partial charge in [0, 0.05) is 12.1 Å². The van der Waals surface area contributed by atoms with Crippen LogP contribution in [0, 0.1) is 5.92 Å². The molecule has 2 saturated carbocycles. The third kappa shape index (κ3) is 1.66. The van der Waals surface area contributed by atoms with Crippen LogP contribution in [0.3, 0.4) is 0 Å². The summed E-state index contributed by atoms with van der Waals surface area (Å²) in [5, 5.41) is 3.82. The largest absolute Gasteiger partial charge is 0.311 e. The summed E-state index contributed by atoms with van der Waals surface area (Å²) in [7, 11) is 0. The summed E-state index contributed by atoms with van der Waals surface area (Å²) in [6.07, 6.45) is 10.1. The minimum absolute atomic E-state index is 0.879. The Morgan fingerprint density at radius 3 is 2.33 bits per heavy atom. The molecular formula is C11H21N. The minimum Gasteiger partial charge on any atom is -0.311 e. The van der Waals surface area contributed by atoms with Crippen molar-refractivity contribution >= 4 is 0 Å². The molecular weight excluding hydrogens is 146 g/mol. The van der Waals surface area contributed by atoms with Crippen LogP contribution in [-0.4, -0.2) is 12.1 Å². The van der Waals surface area contributed by atoms with Crippen LogP contribution in [0.4, 0.5) is 0 Å². The number of rotatable bonds is 3. The SMILES string of the molecule is CCC1CCC1NC1CCCC1. The zero-order chi connectivity index (χ0) is 8.39. The maximum Gasteiger partial charge on any atom is 0.00979 e. The van der Waals surface area contributed by atoms with E-state index in [1.807, 2.05) is 0 Å². The summed E-state index contributed by atoms with van der Waals surface area (Å²) in [6, 6.07) is 1.77. The number of hydrogen-bond acceptors (Lipinski definition) is 1. The van der Waals surface area contributed by atoms with Crippen molar-refractivity contribution < 1.29 is 0 Å². The van der Waals surface area contributed by atoms with Crippen LogP contribution in [0.25, 0.3) is 0 Å². The lowest BCUT2D eigenvalue weighted by atomic mass is 9.77. The molecule has 2 fully saturated rings. The standard InChI is InChI=1S/C11H21N/c1-2-9-7-8-11(9)12-10-5-3-4-6-10/h9-12H,2-8H2,1H3. The third-order valence-electron chi connectivity index (χ3n) is 3.75. The first-order chi connectivity index (χ1) is 5.90. The highest BCUT2D eigenvalue weighted by atomic mass is 15.0. The van der Waals surface area contributed by atoms with Gasteiger partial charge >= 0.3 is 0 Å². The van der Waals surface area contributed by atoms with E-state index in [0.717, 1.165) is 18.0 Å². The van der Waals surface area contributed by atoms with Gasteiger partial charge in [-0.3, -0.25) is 0 Å². The molecule has 0 aliphatic heterocycles. The zero-order valence-corrected chi connectivity index (χ0v) is 8.18. The van der Waals surface area contributed by atoms with Crippen molar-refractivity contribution in [2.75, 3.05) is 0 Å². The van der Waals surface area contributed by atoms with Crippen molar-refractivity contribution in [2.24, 2.45) is 5.92 Å². The fourth-order valence-electron chi connectivity index (χ4n) is 2.67. The fourth-order valence-corrected chi connectivity index (χ4v) is 2.67. The third-order valence-corrected chi connectivity index (χ3v) is 3.75. The maximum atomic E-state index is 3.82. The molecule has 0 aromatic heterocycles. The predicted molar refractivity (Wildman–Crippen MR) is 52.2 cm³/mol. The molecule has 2 unspecified atom stereocenters. The van der Waals surface area contributed by atoms with Crippen LogP contribution in [0.1, 0.15) is 51.9 Å². The van der Waals surface area contributed by atoms with E-state index in [-0.39, 0.29) is 0 Å². The molecule has 70 valence electrons. The van der Waals surface area contributed by atoms with Crippen molar-refractivity contribution in [3.8, 4) is 0 Å².